The number of alkyl halides is 3. The molecule has 1 unspecified atom stereocenters. The number of aliphatic carboxylic acids is 1. The molecule has 98 valence electrons. The molecule has 0 spiro atoms. The van der Waals surface area contributed by atoms with Gasteiger partial charge in [-0.1, -0.05) is 0 Å². The van der Waals surface area contributed by atoms with Crippen LogP contribution >= 0.6 is 0 Å². The molecule has 7 heteroatoms. The molecule has 1 rings (SSSR count). The standard InChI is InChI=1S/C10H14F3NO3/c11-5-7(9(16)17)14-8(15)6-1-3-10(12,13)4-2-6/h6-7H,1-5H2,(H,14,15)(H,16,17). The lowest BCUT2D eigenvalue weighted by molar-refractivity contribution is -0.143. The third kappa shape index (κ3) is 3.90. The normalized spacial score (nSPS) is 21.8. The van der Waals surface area contributed by atoms with E-state index in [-0.39, 0.29) is 12.8 Å². The molecule has 1 atom stereocenters. The second kappa shape index (κ2) is 5.37. The highest BCUT2D eigenvalue weighted by Gasteiger charge is 2.38. The molecule has 1 aliphatic carbocycles. The summed E-state index contributed by atoms with van der Waals surface area (Å²) in [6.07, 6.45) is -0.786. The molecule has 0 aliphatic heterocycles. The largest absolute Gasteiger partial charge is 0.480 e. The molecule has 0 radical (unpaired) electrons. The first-order valence-corrected chi connectivity index (χ1v) is 5.32. The molecule has 0 aromatic rings. The van der Waals surface area contributed by atoms with Gasteiger partial charge in [-0.15, -0.1) is 0 Å². The number of hydrogen-bond donors (Lipinski definition) is 2. The summed E-state index contributed by atoms with van der Waals surface area (Å²) in [6.45, 7) is -1.22. The van der Waals surface area contributed by atoms with Crippen LogP contribution in [0.25, 0.3) is 0 Å². The minimum Gasteiger partial charge on any atom is -0.480 e. The number of carbonyl (C=O) groups excluding carboxylic acids is 1. The van der Waals surface area contributed by atoms with Gasteiger partial charge in [-0.3, -0.25) is 4.79 Å². The van der Waals surface area contributed by atoms with Crippen LogP contribution in [0.2, 0.25) is 0 Å². The Labute approximate surface area is 96.2 Å². The van der Waals surface area contributed by atoms with Crippen LogP contribution in [-0.4, -0.2) is 35.6 Å². The highest BCUT2D eigenvalue weighted by Crippen LogP contribution is 2.36. The molecule has 2 N–H and O–H groups in total. The average Bonchev–Trinajstić information content (AvgIpc) is 2.25. The molecule has 1 amide bonds. The van der Waals surface area contributed by atoms with Crippen LogP contribution in [0.15, 0.2) is 0 Å². The summed E-state index contributed by atoms with van der Waals surface area (Å²) in [7, 11) is 0. The molecule has 1 fully saturated rings. The van der Waals surface area contributed by atoms with E-state index in [0.717, 1.165) is 0 Å². The van der Waals surface area contributed by atoms with Crippen molar-refractivity contribution in [1.82, 2.24) is 5.32 Å². The van der Waals surface area contributed by atoms with Gasteiger partial charge in [-0.05, 0) is 12.8 Å². The Kier molecular flexibility index (Phi) is 4.36. The second-order valence-corrected chi connectivity index (χ2v) is 4.18. The number of nitrogens with one attached hydrogen (secondary N) is 1. The van der Waals surface area contributed by atoms with Crippen LogP contribution in [0.1, 0.15) is 25.7 Å². The number of hydrogen-bond acceptors (Lipinski definition) is 2. The van der Waals surface area contributed by atoms with Crippen molar-refractivity contribution in [2.24, 2.45) is 5.92 Å². The zero-order valence-corrected chi connectivity index (χ0v) is 9.09. The van der Waals surface area contributed by atoms with Crippen molar-refractivity contribution in [2.45, 2.75) is 37.6 Å². The molecule has 0 aromatic heterocycles. The van der Waals surface area contributed by atoms with E-state index >= 15 is 0 Å². The molecular weight excluding hydrogens is 239 g/mol. The molecule has 1 aliphatic rings. The lowest BCUT2D eigenvalue weighted by Crippen LogP contribution is -2.46. The fraction of sp³-hybridized carbons (Fsp3) is 0.800. The first kappa shape index (κ1) is 13.8. The molecular formula is C10H14F3NO3. The maximum absolute atomic E-state index is 12.8. The molecule has 17 heavy (non-hydrogen) atoms. The minimum absolute atomic E-state index is 0.00252. The summed E-state index contributed by atoms with van der Waals surface area (Å²) >= 11 is 0. The van der Waals surface area contributed by atoms with Crippen LogP contribution < -0.4 is 5.32 Å². The van der Waals surface area contributed by atoms with Crippen molar-refractivity contribution in [3.05, 3.63) is 0 Å². The van der Waals surface area contributed by atoms with Gasteiger partial charge in [-0.25, -0.2) is 18.0 Å². The van der Waals surface area contributed by atoms with E-state index < -0.39 is 49.3 Å². The smallest absolute Gasteiger partial charge is 0.328 e. The maximum atomic E-state index is 12.8. The predicted molar refractivity (Wildman–Crippen MR) is 52.4 cm³/mol. The van der Waals surface area contributed by atoms with Crippen molar-refractivity contribution in [1.29, 1.82) is 0 Å². The molecule has 0 bridgehead atoms. The topological polar surface area (TPSA) is 66.4 Å². The van der Waals surface area contributed by atoms with E-state index in [1.54, 1.807) is 0 Å². The lowest BCUT2D eigenvalue weighted by atomic mass is 9.86. The summed E-state index contributed by atoms with van der Waals surface area (Å²) in [4.78, 5) is 22.0. The van der Waals surface area contributed by atoms with Crippen molar-refractivity contribution < 1.29 is 27.9 Å². The summed E-state index contributed by atoms with van der Waals surface area (Å²) < 4.78 is 37.9. The van der Waals surface area contributed by atoms with E-state index in [1.165, 1.54) is 0 Å². The monoisotopic (exact) mass is 253 g/mol. The molecule has 0 heterocycles. The van der Waals surface area contributed by atoms with Gasteiger partial charge in [0.1, 0.15) is 6.67 Å². The number of carbonyl (C=O) groups is 2. The number of rotatable bonds is 4. The minimum atomic E-state index is -2.75. The Morgan fingerprint density at radius 3 is 2.29 bits per heavy atom. The SMILES string of the molecule is O=C(NC(CF)C(=O)O)C1CCC(F)(F)CC1. The van der Waals surface area contributed by atoms with Crippen molar-refractivity contribution in [3.8, 4) is 0 Å². The van der Waals surface area contributed by atoms with Crippen molar-refractivity contribution >= 4 is 11.9 Å². The number of carboxylic acid groups (broad SMARTS) is 1. The van der Waals surface area contributed by atoms with Gasteiger partial charge >= 0.3 is 5.97 Å². The summed E-state index contributed by atoms with van der Waals surface area (Å²) in [5.74, 6) is -5.53. The molecule has 1 saturated carbocycles. The predicted octanol–water partition coefficient (Wildman–Crippen LogP) is 1.35. The van der Waals surface area contributed by atoms with E-state index in [4.69, 9.17) is 5.11 Å². The van der Waals surface area contributed by atoms with Gasteiger partial charge < -0.3 is 10.4 Å². The van der Waals surface area contributed by atoms with E-state index in [2.05, 4.69) is 0 Å². The second-order valence-electron chi connectivity index (χ2n) is 4.18. The van der Waals surface area contributed by atoms with Crippen molar-refractivity contribution in [2.75, 3.05) is 6.67 Å². The van der Waals surface area contributed by atoms with Gasteiger partial charge in [0.25, 0.3) is 0 Å². The summed E-state index contributed by atoms with van der Waals surface area (Å²) in [5.41, 5.74) is 0. The van der Waals surface area contributed by atoms with Crippen LogP contribution in [0.5, 0.6) is 0 Å². The first-order chi connectivity index (χ1) is 7.85. The van der Waals surface area contributed by atoms with Gasteiger partial charge in [0.05, 0.1) is 0 Å². The lowest BCUT2D eigenvalue weighted by Gasteiger charge is -2.27. The van der Waals surface area contributed by atoms with E-state index in [1.807, 2.05) is 5.32 Å². The maximum Gasteiger partial charge on any atom is 0.328 e. The Morgan fingerprint density at radius 2 is 1.88 bits per heavy atom. The number of halogens is 3. The van der Waals surface area contributed by atoms with Crippen LogP contribution in [0.3, 0.4) is 0 Å². The Bertz CT molecular complexity index is 299. The van der Waals surface area contributed by atoms with Gasteiger partial charge in [0, 0.05) is 18.8 Å². The zero-order valence-electron chi connectivity index (χ0n) is 9.09. The Morgan fingerprint density at radius 1 is 1.35 bits per heavy atom. The fourth-order valence-electron chi connectivity index (χ4n) is 1.76. The van der Waals surface area contributed by atoms with Gasteiger partial charge in [0.15, 0.2) is 6.04 Å². The zero-order chi connectivity index (χ0) is 13.1. The van der Waals surface area contributed by atoms with E-state index in [9.17, 15) is 22.8 Å². The van der Waals surface area contributed by atoms with Crippen LogP contribution in [0.4, 0.5) is 13.2 Å². The highest BCUT2D eigenvalue weighted by atomic mass is 19.3. The fourth-order valence-corrected chi connectivity index (χ4v) is 1.76. The third-order valence-corrected chi connectivity index (χ3v) is 2.86. The van der Waals surface area contributed by atoms with Crippen LogP contribution in [-0.2, 0) is 9.59 Å². The average molecular weight is 253 g/mol. The van der Waals surface area contributed by atoms with Crippen molar-refractivity contribution in [3.63, 3.8) is 0 Å². The summed E-state index contributed by atoms with van der Waals surface area (Å²) in [6, 6.07) is -1.59. The number of carboxylic acids is 1. The highest BCUT2D eigenvalue weighted by molar-refractivity contribution is 5.85. The van der Waals surface area contributed by atoms with Crippen LogP contribution in [0, 0.1) is 5.92 Å². The Balaban J connectivity index is 2.46. The van der Waals surface area contributed by atoms with Gasteiger partial charge in [0.2, 0.25) is 11.8 Å². The third-order valence-electron chi connectivity index (χ3n) is 2.86. The number of amides is 1. The van der Waals surface area contributed by atoms with Gasteiger partial charge in [-0.2, -0.15) is 0 Å². The summed E-state index contributed by atoms with van der Waals surface area (Å²) in [5, 5.41) is 10.5. The quantitative estimate of drug-likeness (QED) is 0.794. The molecule has 0 aromatic carbocycles. The molecule has 0 saturated heterocycles. The van der Waals surface area contributed by atoms with E-state index in [0.29, 0.717) is 0 Å². The first-order valence-electron chi connectivity index (χ1n) is 5.32. The molecule has 4 nitrogen and oxygen atoms in total. The Hall–Kier alpha value is -1.27.